The van der Waals surface area contributed by atoms with Crippen molar-refractivity contribution in [2.75, 3.05) is 26.7 Å². The van der Waals surface area contributed by atoms with E-state index in [1.165, 1.54) is 24.0 Å². The monoisotopic (exact) mass is 338 g/mol. The molecule has 1 N–H and O–H groups in total. The molecular weight excluding hydrogens is 312 g/mol. The first-order chi connectivity index (χ1) is 12.2. The summed E-state index contributed by atoms with van der Waals surface area (Å²) in [6.45, 7) is 4.87. The molecule has 0 spiro atoms. The van der Waals surface area contributed by atoms with Gasteiger partial charge in [0.05, 0.1) is 18.7 Å². The van der Waals surface area contributed by atoms with Crippen molar-refractivity contribution in [1.82, 2.24) is 10.2 Å². The van der Waals surface area contributed by atoms with Gasteiger partial charge in [0.25, 0.3) is 5.91 Å². The molecule has 0 bridgehead atoms. The van der Waals surface area contributed by atoms with Crippen LogP contribution in [0.2, 0.25) is 0 Å². The van der Waals surface area contributed by atoms with E-state index in [9.17, 15) is 4.79 Å². The van der Waals surface area contributed by atoms with Crippen LogP contribution in [0.25, 0.3) is 0 Å². The largest absolute Gasteiger partial charge is 0.496 e. The Morgan fingerprint density at radius 3 is 2.48 bits per heavy atom. The molecule has 0 aromatic heterocycles. The quantitative estimate of drug-likeness (QED) is 0.875. The minimum absolute atomic E-state index is 0.0891. The molecule has 0 aliphatic carbocycles. The van der Waals surface area contributed by atoms with Gasteiger partial charge >= 0.3 is 0 Å². The van der Waals surface area contributed by atoms with Crippen LogP contribution in [0.4, 0.5) is 0 Å². The summed E-state index contributed by atoms with van der Waals surface area (Å²) < 4.78 is 5.30. The molecule has 2 aromatic rings. The summed E-state index contributed by atoms with van der Waals surface area (Å²) >= 11 is 0. The van der Waals surface area contributed by atoms with Crippen molar-refractivity contribution in [1.29, 1.82) is 0 Å². The van der Waals surface area contributed by atoms with Crippen molar-refractivity contribution < 1.29 is 9.53 Å². The van der Waals surface area contributed by atoms with Crippen molar-refractivity contribution in [3.63, 3.8) is 0 Å². The lowest BCUT2D eigenvalue weighted by Gasteiger charge is -2.28. The Bertz CT molecular complexity index is 706. The highest BCUT2D eigenvalue weighted by Crippen LogP contribution is 2.25. The molecule has 1 amide bonds. The van der Waals surface area contributed by atoms with Gasteiger partial charge in [-0.1, -0.05) is 42.0 Å². The van der Waals surface area contributed by atoms with Gasteiger partial charge in [-0.3, -0.25) is 9.69 Å². The van der Waals surface area contributed by atoms with Crippen LogP contribution in [0, 0.1) is 6.92 Å². The molecular formula is C21H26N2O2. The van der Waals surface area contributed by atoms with Gasteiger partial charge in [-0.15, -0.1) is 0 Å². The Labute approximate surface area is 149 Å². The Balaban J connectivity index is 1.74. The third-order valence-corrected chi connectivity index (χ3v) is 4.85. The minimum Gasteiger partial charge on any atom is -0.496 e. The van der Waals surface area contributed by atoms with Crippen molar-refractivity contribution >= 4 is 5.91 Å². The molecule has 0 saturated carbocycles. The van der Waals surface area contributed by atoms with Crippen LogP contribution in [0.3, 0.4) is 0 Å². The summed E-state index contributed by atoms with van der Waals surface area (Å²) in [6, 6.07) is 16.2. The predicted octanol–water partition coefficient (Wildman–Crippen LogP) is 3.57. The molecule has 0 radical (unpaired) electrons. The van der Waals surface area contributed by atoms with Gasteiger partial charge in [0.15, 0.2) is 0 Å². The van der Waals surface area contributed by atoms with Gasteiger partial charge in [-0.2, -0.15) is 0 Å². The normalized spacial score (nSPS) is 15.8. The van der Waals surface area contributed by atoms with Crippen molar-refractivity contribution in [3.8, 4) is 5.75 Å². The topological polar surface area (TPSA) is 41.6 Å². The van der Waals surface area contributed by atoms with E-state index in [0.29, 0.717) is 17.9 Å². The number of aryl methyl sites for hydroxylation is 1. The number of nitrogens with zero attached hydrogens (tertiary/aromatic N) is 1. The Kier molecular flexibility index (Phi) is 5.71. The molecule has 1 aliphatic rings. The van der Waals surface area contributed by atoms with Crippen LogP contribution in [0.1, 0.15) is 40.4 Å². The van der Waals surface area contributed by atoms with E-state index in [4.69, 9.17) is 4.74 Å². The number of amides is 1. The Morgan fingerprint density at radius 1 is 1.12 bits per heavy atom. The number of rotatable bonds is 6. The minimum atomic E-state index is -0.0891. The molecule has 1 atom stereocenters. The van der Waals surface area contributed by atoms with E-state index in [2.05, 4.69) is 41.4 Å². The zero-order valence-electron chi connectivity index (χ0n) is 15.0. The summed E-state index contributed by atoms with van der Waals surface area (Å²) in [7, 11) is 1.59. The van der Waals surface area contributed by atoms with Crippen LogP contribution in [-0.4, -0.2) is 37.6 Å². The molecule has 1 heterocycles. The first-order valence-electron chi connectivity index (χ1n) is 8.91. The van der Waals surface area contributed by atoms with Gasteiger partial charge in [-0.05, 0) is 50.6 Å². The van der Waals surface area contributed by atoms with E-state index in [1.807, 2.05) is 18.2 Å². The molecule has 1 fully saturated rings. The zero-order chi connectivity index (χ0) is 17.6. The van der Waals surface area contributed by atoms with Gasteiger partial charge in [0.2, 0.25) is 0 Å². The molecule has 1 aliphatic heterocycles. The predicted molar refractivity (Wildman–Crippen MR) is 100 cm³/mol. The summed E-state index contributed by atoms with van der Waals surface area (Å²) in [5.74, 6) is 0.516. The highest BCUT2D eigenvalue weighted by atomic mass is 16.5. The van der Waals surface area contributed by atoms with Crippen LogP contribution in [-0.2, 0) is 0 Å². The van der Waals surface area contributed by atoms with Crippen LogP contribution < -0.4 is 10.1 Å². The Morgan fingerprint density at radius 2 is 1.80 bits per heavy atom. The lowest BCUT2D eigenvalue weighted by atomic mass is 10.0. The van der Waals surface area contributed by atoms with Crippen molar-refractivity contribution in [2.45, 2.75) is 25.8 Å². The van der Waals surface area contributed by atoms with Crippen LogP contribution in [0.5, 0.6) is 5.75 Å². The highest BCUT2D eigenvalue weighted by molar-refractivity contribution is 5.96. The average molecular weight is 338 g/mol. The fourth-order valence-electron chi connectivity index (χ4n) is 3.42. The smallest absolute Gasteiger partial charge is 0.255 e. The summed E-state index contributed by atoms with van der Waals surface area (Å²) in [4.78, 5) is 15.1. The molecule has 132 valence electrons. The fourth-order valence-corrected chi connectivity index (χ4v) is 3.42. The second-order valence-corrected chi connectivity index (χ2v) is 6.58. The van der Waals surface area contributed by atoms with E-state index in [1.54, 1.807) is 13.2 Å². The van der Waals surface area contributed by atoms with Crippen LogP contribution >= 0.6 is 0 Å². The number of carbonyl (C=O) groups excluding carboxylic acids is 1. The number of ether oxygens (including phenoxy) is 1. The second kappa shape index (κ2) is 8.17. The molecule has 2 aromatic carbocycles. The van der Waals surface area contributed by atoms with Crippen molar-refractivity contribution in [2.24, 2.45) is 0 Å². The summed E-state index contributed by atoms with van der Waals surface area (Å²) in [5.41, 5.74) is 3.09. The number of hydrogen-bond acceptors (Lipinski definition) is 3. The number of methoxy groups -OCH3 is 1. The zero-order valence-corrected chi connectivity index (χ0v) is 15.0. The number of likely N-dealkylation sites (tertiary alicyclic amines) is 1. The third-order valence-electron chi connectivity index (χ3n) is 4.85. The second-order valence-electron chi connectivity index (χ2n) is 6.58. The summed E-state index contributed by atoms with van der Waals surface area (Å²) in [5, 5.41) is 3.10. The SMILES string of the molecule is COc1ccccc1C(=O)NC[C@H](c1ccc(C)cc1)N1CCCC1. The molecule has 0 unspecified atom stereocenters. The molecule has 3 rings (SSSR count). The first-order valence-corrected chi connectivity index (χ1v) is 8.91. The van der Waals surface area contributed by atoms with Gasteiger partial charge in [0.1, 0.15) is 5.75 Å². The number of nitrogens with one attached hydrogen (secondary N) is 1. The van der Waals surface area contributed by atoms with Crippen molar-refractivity contribution in [3.05, 3.63) is 65.2 Å². The molecule has 25 heavy (non-hydrogen) atoms. The maximum absolute atomic E-state index is 12.6. The van der Waals surface area contributed by atoms with E-state index < -0.39 is 0 Å². The maximum atomic E-state index is 12.6. The molecule has 4 heteroatoms. The molecule has 1 saturated heterocycles. The maximum Gasteiger partial charge on any atom is 0.255 e. The van der Waals surface area contributed by atoms with E-state index in [-0.39, 0.29) is 11.9 Å². The van der Waals surface area contributed by atoms with Gasteiger partial charge < -0.3 is 10.1 Å². The first kappa shape index (κ1) is 17.5. The average Bonchev–Trinajstić information content (AvgIpc) is 3.17. The van der Waals surface area contributed by atoms with E-state index in [0.717, 1.165) is 13.1 Å². The number of benzene rings is 2. The van der Waals surface area contributed by atoms with Crippen LogP contribution in [0.15, 0.2) is 48.5 Å². The number of hydrogen-bond donors (Lipinski definition) is 1. The third kappa shape index (κ3) is 4.20. The lowest BCUT2D eigenvalue weighted by Crippen LogP contribution is -2.36. The standard InChI is InChI=1S/C21H26N2O2/c1-16-9-11-17(12-10-16)19(23-13-5-6-14-23)15-22-21(24)18-7-3-4-8-20(18)25-2/h3-4,7-12,19H,5-6,13-15H2,1-2H3,(H,22,24)/t19-/m1/s1. The molecule has 4 nitrogen and oxygen atoms in total. The highest BCUT2D eigenvalue weighted by Gasteiger charge is 2.24. The number of para-hydroxylation sites is 1. The lowest BCUT2D eigenvalue weighted by molar-refractivity contribution is 0.0935. The Hall–Kier alpha value is -2.33. The van der Waals surface area contributed by atoms with E-state index >= 15 is 0 Å². The summed E-state index contributed by atoms with van der Waals surface area (Å²) in [6.07, 6.45) is 2.45. The number of carbonyl (C=O) groups is 1. The van der Waals surface area contributed by atoms with Gasteiger partial charge in [0, 0.05) is 6.54 Å². The van der Waals surface area contributed by atoms with Gasteiger partial charge in [-0.25, -0.2) is 0 Å². The fraction of sp³-hybridized carbons (Fsp3) is 0.381.